The number of rotatable bonds is 8. The summed E-state index contributed by atoms with van der Waals surface area (Å²) in [6.45, 7) is 5.86. The van der Waals surface area contributed by atoms with E-state index in [0.717, 1.165) is 51.3 Å². The number of carbonyl (C=O) groups excluding carboxylic acids is 2. The zero-order valence-electron chi connectivity index (χ0n) is 23.6. The fourth-order valence-electron chi connectivity index (χ4n) is 5.18. The number of hydrogen-bond donors (Lipinski definition) is 4. The Morgan fingerprint density at radius 1 is 1.05 bits per heavy atom. The van der Waals surface area contributed by atoms with Crippen LogP contribution in [0, 0.1) is 5.92 Å². The van der Waals surface area contributed by atoms with Crippen LogP contribution >= 0.6 is 0 Å². The second-order valence-corrected chi connectivity index (χ2v) is 10.5. The van der Waals surface area contributed by atoms with Gasteiger partial charge >= 0.3 is 12.2 Å². The van der Waals surface area contributed by atoms with Crippen LogP contribution in [0.3, 0.4) is 0 Å². The number of anilines is 2. The molecule has 1 aromatic heterocycles. The predicted octanol–water partition coefficient (Wildman–Crippen LogP) is 2.46. The van der Waals surface area contributed by atoms with Crippen molar-refractivity contribution < 1.29 is 22.8 Å². The summed E-state index contributed by atoms with van der Waals surface area (Å²) >= 11 is 0. The van der Waals surface area contributed by atoms with Gasteiger partial charge in [0.1, 0.15) is 23.5 Å². The Morgan fingerprint density at radius 3 is 2.51 bits per heavy atom. The van der Waals surface area contributed by atoms with Crippen LogP contribution in [0.1, 0.15) is 17.7 Å². The molecule has 3 aliphatic rings. The lowest BCUT2D eigenvalue weighted by molar-refractivity contribution is -0.141. The molecule has 0 aliphatic carbocycles. The molecule has 0 radical (unpaired) electrons. The number of aromatic nitrogens is 1. The maximum absolute atomic E-state index is 13.4. The highest BCUT2D eigenvalue weighted by atomic mass is 19.4. The molecule has 5 N–H and O–H groups in total. The van der Waals surface area contributed by atoms with Gasteiger partial charge in [0.25, 0.3) is 0 Å². The first kappa shape index (κ1) is 30.0. The number of carbonyl (C=O) groups is 2. The van der Waals surface area contributed by atoms with Crippen LogP contribution in [0.2, 0.25) is 0 Å². The highest BCUT2D eigenvalue weighted by molar-refractivity contribution is 6.11. The molecule has 1 atom stereocenters. The lowest BCUT2D eigenvalue weighted by Gasteiger charge is -2.32. The normalized spacial score (nSPS) is 19.2. The third-order valence-corrected chi connectivity index (χ3v) is 7.45. The number of nitrogens with one attached hydrogen (secondary N) is 3. The van der Waals surface area contributed by atoms with E-state index in [1.54, 1.807) is 29.3 Å². The number of aliphatic imine (C=N–C) groups is 1. The van der Waals surface area contributed by atoms with Crippen molar-refractivity contribution in [1.82, 2.24) is 25.1 Å². The molecule has 228 valence electrons. The summed E-state index contributed by atoms with van der Waals surface area (Å²) in [5.74, 6) is -0.706. The highest BCUT2D eigenvalue weighted by Crippen LogP contribution is 2.38. The molecule has 4 heterocycles. The number of pyridine rings is 1. The Kier molecular flexibility index (Phi) is 8.92. The molecular weight excluding hydrogens is 565 g/mol. The number of halogens is 3. The first-order valence-electron chi connectivity index (χ1n) is 13.9. The molecule has 0 spiro atoms. The SMILES string of the molecule is CN1CCN(CCCNC(=O)C2CN3N=CN=C(N)C3=C2c2ccc(NC(=O)Nc3cccc(C(F)(F)F)n3)cc2)CC1. The van der Waals surface area contributed by atoms with Crippen molar-refractivity contribution in [3.63, 3.8) is 0 Å². The molecule has 0 saturated carbocycles. The molecule has 5 rings (SSSR count). The summed E-state index contributed by atoms with van der Waals surface area (Å²) in [4.78, 5) is 38.1. The van der Waals surface area contributed by atoms with Crippen molar-refractivity contribution in [1.29, 1.82) is 0 Å². The summed E-state index contributed by atoms with van der Waals surface area (Å²) in [6, 6.07) is 9.16. The molecule has 1 saturated heterocycles. The van der Waals surface area contributed by atoms with Gasteiger partial charge in [-0.2, -0.15) is 18.3 Å². The third-order valence-electron chi connectivity index (χ3n) is 7.45. The number of likely N-dealkylation sites (N-methyl/N-ethyl adjacent to an activating group) is 1. The summed E-state index contributed by atoms with van der Waals surface area (Å²) < 4.78 is 38.8. The fraction of sp³-hybridized carbons (Fsp3) is 0.393. The lowest BCUT2D eigenvalue weighted by atomic mass is 9.92. The Morgan fingerprint density at radius 2 is 1.79 bits per heavy atom. The van der Waals surface area contributed by atoms with E-state index in [-0.39, 0.29) is 17.6 Å². The van der Waals surface area contributed by atoms with Crippen LogP contribution in [0.25, 0.3) is 5.57 Å². The van der Waals surface area contributed by atoms with E-state index in [1.165, 1.54) is 12.4 Å². The number of hydrogen-bond acceptors (Lipinski definition) is 9. The van der Waals surface area contributed by atoms with Gasteiger partial charge in [-0.15, -0.1) is 0 Å². The van der Waals surface area contributed by atoms with E-state index in [4.69, 9.17) is 5.73 Å². The van der Waals surface area contributed by atoms with Gasteiger partial charge in [-0.25, -0.2) is 14.8 Å². The summed E-state index contributed by atoms with van der Waals surface area (Å²) in [7, 11) is 2.11. The van der Waals surface area contributed by atoms with Crippen LogP contribution in [0.4, 0.5) is 29.5 Å². The van der Waals surface area contributed by atoms with Crippen molar-refractivity contribution in [2.45, 2.75) is 12.6 Å². The number of amides is 3. The van der Waals surface area contributed by atoms with Gasteiger partial charge in [-0.05, 0) is 49.8 Å². The van der Waals surface area contributed by atoms with E-state index in [1.807, 2.05) is 0 Å². The van der Waals surface area contributed by atoms with Crippen molar-refractivity contribution in [3.05, 3.63) is 59.4 Å². The molecule has 15 heteroatoms. The third kappa shape index (κ3) is 7.29. The molecule has 3 amide bonds. The number of fused-ring (bicyclic) bond motifs is 1. The van der Waals surface area contributed by atoms with Gasteiger partial charge in [0.2, 0.25) is 5.91 Å². The number of urea groups is 1. The van der Waals surface area contributed by atoms with Crippen molar-refractivity contribution in [2.75, 3.05) is 63.5 Å². The van der Waals surface area contributed by atoms with E-state index in [9.17, 15) is 22.8 Å². The smallest absolute Gasteiger partial charge is 0.382 e. The fourth-order valence-corrected chi connectivity index (χ4v) is 5.18. The summed E-state index contributed by atoms with van der Waals surface area (Å²) in [5.41, 5.74) is 7.38. The maximum Gasteiger partial charge on any atom is 0.433 e. The Balaban J connectivity index is 1.23. The van der Waals surface area contributed by atoms with E-state index >= 15 is 0 Å². The average molecular weight is 599 g/mol. The monoisotopic (exact) mass is 598 g/mol. The van der Waals surface area contributed by atoms with Gasteiger partial charge in [-0.1, -0.05) is 18.2 Å². The number of alkyl halides is 3. The van der Waals surface area contributed by atoms with Gasteiger partial charge in [0.05, 0.1) is 12.5 Å². The van der Waals surface area contributed by atoms with E-state index in [0.29, 0.717) is 35.6 Å². The number of benzene rings is 1. The van der Waals surface area contributed by atoms with Gasteiger partial charge in [0, 0.05) is 44.0 Å². The summed E-state index contributed by atoms with van der Waals surface area (Å²) in [6.07, 6.45) is -2.46. The van der Waals surface area contributed by atoms with Crippen LogP contribution in [-0.2, 0) is 11.0 Å². The second kappa shape index (κ2) is 12.8. The minimum absolute atomic E-state index is 0.145. The van der Waals surface area contributed by atoms with Crippen LogP contribution in [-0.4, -0.2) is 96.8 Å². The Bertz CT molecular complexity index is 1430. The first-order valence-corrected chi connectivity index (χ1v) is 13.9. The number of hydrazone groups is 1. The first-order chi connectivity index (χ1) is 20.6. The molecule has 1 unspecified atom stereocenters. The molecule has 1 fully saturated rings. The number of nitrogens with zero attached hydrogens (tertiary/aromatic N) is 6. The van der Waals surface area contributed by atoms with Crippen molar-refractivity contribution in [2.24, 2.45) is 21.7 Å². The standard InChI is InChI=1S/C28H33F3N10O2/c1-39-12-14-40(15-13-39)11-3-10-33-26(42)20-16-41-24(25(32)34-17-35-41)23(20)18-6-8-19(9-7-18)36-27(43)38-22-5-2-4-21(37-22)28(29,30)31/h2,4-9,17,20H,3,10-16H2,1H3,(H,33,42)(H2,32,34,35)(H2,36,37,38,43). The largest absolute Gasteiger partial charge is 0.433 e. The summed E-state index contributed by atoms with van der Waals surface area (Å²) in [5, 5.41) is 13.9. The average Bonchev–Trinajstić information content (AvgIpc) is 3.37. The van der Waals surface area contributed by atoms with Gasteiger partial charge in [-0.3, -0.25) is 15.1 Å². The van der Waals surface area contributed by atoms with Crippen molar-refractivity contribution >= 4 is 41.2 Å². The molecule has 2 aromatic rings. The highest BCUT2D eigenvalue weighted by Gasteiger charge is 2.39. The van der Waals surface area contributed by atoms with E-state index < -0.39 is 23.8 Å². The topological polar surface area (TPSA) is 144 Å². The van der Waals surface area contributed by atoms with Crippen molar-refractivity contribution in [3.8, 4) is 0 Å². The quantitative estimate of drug-likeness (QED) is 0.342. The molecule has 0 bridgehead atoms. The zero-order chi connectivity index (χ0) is 30.6. The predicted molar refractivity (Wildman–Crippen MR) is 157 cm³/mol. The second-order valence-electron chi connectivity index (χ2n) is 10.5. The van der Waals surface area contributed by atoms with Gasteiger partial charge < -0.3 is 26.2 Å². The number of amidine groups is 1. The molecular formula is C28H33F3N10O2. The Hall–Kier alpha value is -4.50. The van der Waals surface area contributed by atoms with E-state index in [2.05, 4.69) is 47.9 Å². The lowest BCUT2D eigenvalue weighted by Crippen LogP contribution is -2.45. The zero-order valence-corrected chi connectivity index (χ0v) is 23.6. The van der Waals surface area contributed by atoms with Crippen LogP contribution < -0.4 is 21.7 Å². The molecule has 1 aromatic carbocycles. The Labute approximate surface area is 246 Å². The maximum atomic E-state index is 13.4. The number of piperazine rings is 1. The van der Waals surface area contributed by atoms with Gasteiger partial charge in [0.15, 0.2) is 5.84 Å². The molecule has 12 nitrogen and oxygen atoms in total. The molecule has 3 aliphatic heterocycles. The minimum Gasteiger partial charge on any atom is -0.382 e. The van der Waals surface area contributed by atoms with Crippen LogP contribution in [0.15, 0.2) is 58.3 Å². The minimum atomic E-state index is -4.63. The van der Waals surface area contributed by atoms with Crippen LogP contribution in [0.5, 0.6) is 0 Å². The number of nitrogens with two attached hydrogens (primary N) is 1. The molecule has 43 heavy (non-hydrogen) atoms.